The molecule has 0 bridgehead atoms. The summed E-state index contributed by atoms with van der Waals surface area (Å²) in [5, 5.41) is 0.834. The number of nitrogens with zero attached hydrogens (tertiary/aromatic N) is 3. The summed E-state index contributed by atoms with van der Waals surface area (Å²) in [5.74, 6) is 0. The van der Waals surface area contributed by atoms with Gasteiger partial charge >= 0.3 is 0 Å². The highest BCUT2D eigenvalue weighted by Crippen LogP contribution is 2.19. The molecule has 68 valence electrons. The highest BCUT2D eigenvalue weighted by molar-refractivity contribution is 7.77. The van der Waals surface area contributed by atoms with Crippen LogP contribution in [0.1, 0.15) is 0 Å². The zero-order chi connectivity index (χ0) is 9.42. The van der Waals surface area contributed by atoms with Gasteiger partial charge in [0.2, 0.25) is 0 Å². The molecule has 0 aliphatic carbocycles. The van der Waals surface area contributed by atoms with Crippen molar-refractivity contribution >= 4 is 33.9 Å². The van der Waals surface area contributed by atoms with Gasteiger partial charge in [-0.3, -0.25) is 4.55 Å². The number of halogens is 1. The maximum atomic E-state index is 10.8. The Hall–Kier alpha value is -0.980. The first-order valence-electron chi connectivity index (χ1n) is 3.29. The molecule has 0 saturated carbocycles. The first-order chi connectivity index (χ1) is 6.20. The number of hydrogen-bond donors (Lipinski definition) is 1. The summed E-state index contributed by atoms with van der Waals surface area (Å²) in [7, 11) is 0. The van der Waals surface area contributed by atoms with Gasteiger partial charge in [0.15, 0.2) is 5.65 Å². The molecule has 1 unspecified atom stereocenters. The zero-order valence-electron chi connectivity index (χ0n) is 6.22. The summed E-state index contributed by atoms with van der Waals surface area (Å²) in [4.78, 5) is 7.58. The molecule has 0 radical (unpaired) electrons. The van der Waals surface area contributed by atoms with Gasteiger partial charge in [0.1, 0.15) is 11.5 Å². The molecule has 0 fully saturated rings. The second-order valence-electron chi connectivity index (χ2n) is 2.27. The lowest BCUT2D eigenvalue weighted by Gasteiger charge is -1.96. The maximum Gasteiger partial charge on any atom is 0.267 e. The van der Waals surface area contributed by atoms with Crippen molar-refractivity contribution in [2.24, 2.45) is 0 Å². The van der Waals surface area contributed by atoms with E-state index < -0.39 is 11.3 Å². The molecule has 0 saturated heterocycles. The first-order valence-corrected chi connectivity index (χ1v) is 4.73. The largest absolute Gasteiger partial charge is 0.289 e. The van der Waals surface area contributed by atoms with Crippen LogP contribution in [0.15, 0.2) is 18.6 Å². The molecule has 1 N–H and O–H groups in total. The van der Waals surface area contributed by atoms with E-state index in [9.17, 15) is 4.21 Å². The van der Waals surface area contributed by atoms with Crippen LogP contribution in [0.3, 0.4) is 0 Å². The van der Waals surface area contributed by atoms with E-state index in [2.05, 4.69) is 9.97 Å². The van der Waals surface area contributed by atoms with Crippen LogP contribution in [0.2, 0.25) is 5.15 Å². The van der Waals surface area contributed by atoms with Crippen molar-refractivity contribution in [1.82, 2.24) is 13.9 Å². The molecule has 0 aliphatic rings. The van der Waals surface area contributed by atoms with Gasteiger partial charge in [-0.25, -0.2) is 18.1 Å². The minimum absolute atomic E-state index is 0.272. The number of hydrogen-bond acceptors (Lipinski definition) is 3. The quantitative estimate of drug-likeness (QED) is 0.573. The van der Waals surface area contributed by atoms with E-state index in [0.29, 0.717) is 11.0 Å². The molecular formula is C6H4ClN3O2S. The fourth-order valence-corrected chi connectivity index (χ4v) is 1.67. The predicted molar refractivity (Wildman–Crippen MR) is 48.7 cm³/mol. The predicted octanol–water partition coefficient (Wildman–Crippen LogP) is 1.07. The molecule has 0 amide bonds. The summed E-state index contributed by atoms with van der Waals surface area (Å²) in [5.41, 5.74) is 0.348. The third-order valence-electron chi connectivity index (χ3n) is 1.57. The Bertz CT molecular complexity index is 484. The molecule has 0 aliphatic heterocycles. The van der Waals surface area contributed by atoms with Crippen LogP contribution in [0.4, 0.5) is 0 Å². The Kier molecular flexibility index (Phi) is 2.03. The van der Waals surface area contributed by atoms with E-state index in [0.717, 1.165) is 3.97 Å². The van der Waals surface area contributed by atoms with E-state index in [1.54, 1.807) is 6.07 Å². The number of fused-ring (bicyclic) bond motifs is 1. The van der Waals surface area contributed by atoms with Crippen molar-refractivity contribution in [3.8, 4) is 0 Å². The Labute approximate surface area is 80.8 Å². The van der Waals surface area contributed by atoms with E-state index in [4.69, 9.17) is 16.2 Å². The Balaban J connectivity index is 2.83. The monoisotopic (exact) mass is 217 g/mol. The topological polar surface area (TPSA) is 68.0 Å². The summed E-state index contributed by atoms with van der Waals surface area (Å²) in [6.45, 7) is 0. The lowest BCUT2D eigenvalue weighted by atomic mass is 10.4. The average Bonchev–Trinajstić information content (AvgIpc) is 2.48. The van der Waals surface area contributed by atoms with E-state index in [1.165, 1.54) is 12.5 Å². The fourth-order valence-electron chi connectivity index (χ4n) is 1.02. The summed E-state index contributed by atoms with van der Waals surface area (Å²) in [6, 6.07) is 1.59. The van der Waals surface area contributed by atoms with Crippen LogP contribution in [0.25, 0.3) is 11.0 Å². The summed E-state index contributed by atoms with van der Waals surface area (Å²) in [6.07, 6.45) is 2.68. The summed E-state index contributed by atoms with van der Waals surface area (Å²) >= 11 is 3.62. The average molecular weight is 218 g/mol. The molecule has 2 rings (SSSR count). The van der Waals surface area contributed by atoms with Crippen molar-refractivity contribution in [3.05, 3.63) is 23.7 Å². The molecule has 7 heteroatoms. The van der Waals surface area contributed by atoms with Crippen molar-refractivity contribution in [2.45, 2.75) is 0 Å². The molecular weight excluding hydrogens is 214 g/mol. The van der Waals surface area contributed by atoms with Crippen molar-refractivity contribution < 1.29 is 8.76 Å². The number of rotatable bonds is 1. The highest BCUT2D eigenvalue weighted by atomic mass is 35.5. The second kappa shape index (κ2) is 3.06. The Morgan fingerprint density at radius 3 is 3.00 bits per heavy atom. The molecule has 0 aromatic carbocycles. The fraction of sp³-hybridized carbons (Fsp3) is 0. The first kappa shape index (κ1) is 8.61. The van der Waals surface area contributed by atoms with Gasteiger partial charge < -0.3 is 0 Å². The van der Waals surface area contributed by atoms with Crippen LogP contribution in [-0.2, 0) is 11.3 Å². The van der Waals surface area contributed by atoms with E-state index >= 15 is 0 Å². The third kappa shape index (κ3) is 1.32. The summed E-state index contributed by atoms with van der Waals surface area (Å²) < 4.78 is 20.7. The van der Waals surface area contributed by atoms with Gasteiger partial charge in [-0.05, 0) is 6.07 Å². The van der Waals surface area contributed by atoms with Gasteiger partial charge in [0.05, 0.1) is 5.39 Å². The normalized spacial score (nSPS) is 13.4. The lowest BCUT2D eigenvalue weighted by Crippen LogP contribution is -2.01. The molecule has 2 heterocycles. The standard InChI is InChI=1S/C6H4ClN3O2S/c7-5-4-1-2-10(13(11)12)6(4)9-3-8-5/h1-3H,(H,11,12). The van der Waals surface area contributed by atoms with E-state index in [1.807, 2.05) is 0 Å². The third-order valence-corrected chi connectivity index (χ3v) is 2.50. The zero-order valence-corrected chi connectivity index (χ0v) is 7.79. The SMILES string of the molecule is O=S(O)n1ccc2c(Cl)ncnc21. The smallest absolute Gasteiger partial charge is 0.267 e. The minimum Gasteiger partial charge on any atom is -0.289 e. The number of aromatic nitrogens is 3. The van der Waals surface area contributed by atoms with Gasteiger partial charge in [-0.15, -0.1) is 0 Å². The van der Waals surface area contributed by atoms with Crippen molar-refractivity contribution in [1.29, 1.82) is 0 Å². The highest BCUT2D eigenvalue weighted by Gasteiger charge is 2.08. The Morgan fingerprint density at radius 2 is 2.31 bits per heavy atom. The molecule has 5 nitrogen and oxygen atoms in total. The molecule has 2 aromatic heterocycles. The molecule has 1 atom stereocenters. The molecule has 2 aromatic rings. The van der Waals surface area contributed by atoms with Gasteiger partial charge in [-0.1, -0.05) is 11.6 Å². The van der Waals surface area contributed by atoms with Crippen LogP contribution in [-0.4, -0.2) is 22.7 Å². The van der Waals surface area contributed by atoms with Crippen molar-refractivity contribution in [3.63, 3.8) is 0 Å². The van der Waals surface area contributed by atoms with Gasteiger partial charge in [-0.2, -0.15) is 0 Å². The molecule has 13 heavy (non-hydrogen) atoms. The van der Waals surface area contributed by atoms with Gasteiger partial charge in [0, 0.05) is 6.20 Å². The maximum absolute atomic E-state index is 10.8. The van der Waals surface area contributed by atoms with Crippen LogP contribution in [0.5, 0.6) is 0 Å². The second-order valence-corrected chi connectivity index (χ2v) is 3.49. The lowest BCUT2D eigenvalue weighted by molar-refractivity contribution is 0.556. The minimum atomic E-state index is -2.11. The van der Waals surface area contributed by atoms with Crippen LogP contribution >= 0.6 is 11.6 Å². The van der Waals surface area contributed by atoms with Crippen LogP contribution < -0.4 is 0 Å². The van der Waals surface area contributed by atoms with Crippen molar-refractivity contribution in [2.75, 3.05) is 0 Å². The molecule has 0 spiro atoms. The van der Waals surface area contributed by atoms with Crippen LogP contribution in [0, 0.1) is 0 Å². The van der Waals surface area contributed by atoms with E-state index in [-0.39, 0.29) is 5.15 Å². The Morgan fingerprint density at radius 1 is 1.54 bits per heavy atom. The van der Waals surface area contributed by atoms with Gasteiger partial charge in [0.25, 0.3) is 11.3 Å².